The lowest BCUT2D eigenvalue weighted by Gasteiger charge is -2.73. The molecule has 0 aromatic carbocycles. The molecule has 6 aliphatic carbocycles. The zero-order valence-electron chi connectivity index (χ0n) is 23.7. The van der Waals surface area contributed by atoms with E-state index < -0.39 is 0 Å². The Kier molecular flexibility index (Phi) is 7.03. The minimum atomic E-state index is 0.315. The molecule has 200 valence electrons. The van der Waals surface area contributed by atoms with Gasteiger partial charge in [0, 0.05) is 30.6 Å². The Labute approximate surface area is 226 Å². The number of unbranched alkanes of at least 4 members (excludes halogenated alkanes) is 1. The first-order chi connectivity index (χ1) is 18.0. The van der Waals surface area contributed by atoms with Crippen molar-refractivity contribution in [2.75, 3.05) is 19.6 Å². The highest BCUT2D eigenvalue weighted by Crippen LogP contribution is 2.69. The van der Waals surface area contributed by atoms with Crippen molar-refractivity contribution in [1.82, 2.24) is 10.2 Å². The largest absolute Gasteiger partial charge is 0.310 e. The van der Waals surface area contributed by atoms with E-state index in [-0.39, 0.29) is 0 Å². The summed E-state index contributed by atoms with van der Waals surface area (Å²) in [6.07, 6.45) is 31.6. The predicted octanol–water partition coefficient (Wildman–Crippen LogP) is 7.78. The summed E-state index contributed by atoms with van der Waals surface area (Å²) >= 11 is 0. The van der Waals surface area contributed by atoms with Crippen molar-refractivity contribution in [2.24, 2.45) is 34.5 Å². The molecule has 7 unspecified atom stereocenters. The van der Waals surface area contributed by atoms with Gasteiger partial charge in [0.2, 0.25) is 0 Å². The van der Waals surface area contributed by atoms with E-state index in [1.54, 1.807) is 0 Å². The first-order valence-electron chi connectivity index (χ1n) is 15.5. The van der Waals surface area contributed by atoms with Gasteiger partial charge < -0.3 is 5.32 Å². The Hall–Kier alpha value is -1.64. The van der Waals surface area contributed by atoms with E-state index in [4.69, 9.17) is 0 Å². The van der Waals surface area contributed by atoms with Crippen LogP contribution in [0.3, 0.4) is 0 Å². The SMILES string of the molecule is C=C(CC)C(CC1=CCCC=C1)NCCCCC12C=CC3(CN(CC4CC4)C3C1C)C1C=CC(C)=CC12. The maximum absolute atomic E-state index is 4.42. The average molecular weight is 499 g/mol. The molecule has 0 aromatic rings. The fourth-order valence-corrected chi connectivity index (χ4v) is 8.89. The molecule has 2 heteroatoms. The molecule has 1 spiro atoms. The van der Waals surface area contributed by atoms with E-state index >= 15 is 0 Å². The Balaban J connectivity index is 1.11. The second-order valence-electron chi connectivity index (χ2n) is 13.4. The molecule has 0 radical (unpaired) electrons. The van der Waals surface area contributed by atoms with E-state index in [2.05, 4.69) is 86.2 Å². The lowest BCUT2D eigenvalue weighted by atomic mass is 9.38. The molecule has 0 amide bonds. The summed E-state index contributed by atoms with van der Waals surface area (Å²) in [6, 6.07) is 1.16. The summed E-state index contributed by atoms with van der Waals surface area (Å²) in [5.74, 6) is 3.11. The van der Waals surface area contributed by atoms with E-state index in [1.807, 2.05) is 0 Å². The van der Waals surface area contributed by atoms with Crippen molar-refractivity contribution in [3.8, 4) is 0 Å². The number of allylic oxidation sites excluding steroid dienone is 8. The van der Waals surface area contributed by atoms with Crippen molar-refractivity contribution in [2.45, 2.75) is 90.6 Å². The van der Waals surface area contributed by atoms with Crippen LogP contribution in [0.15, 0.2) is 71.9 Å². The molecular weight excluding hydrogens is 448 g/mol. The van der Waals surface area contributed by atoms with Crippen LogP contribution in [0.5, 0.6) is 0 Å². The van der Waals surface area contributed by atoms with Gasteiger partial charge in [-0.05, 0) is 93.9 Å². The van der Waals surface area contributed by atoms with Crippen molar-refractivity contribution in [3.05, 3.63) is 71.9 Å². The summed E-state index contributed by atoms with van der Waals surface area (Å²) < 4.78 is 0. The van der Waals surface area contributed by atoms with Crippen LogP contribution in [0.4, 0.5) is 0 Å². The summed E-state index contributed by atoms with van der Waals surface area (Å²) in [5.41, 5.74) is 5.02. The smallest absolute Gasteiger partial charge is 0.0317 e. The maximum Gasteiger partial charge on any atom is 0.0317 e. The van der Waals surface area contributed by atoms with Gasteiger partial charge in [-0.2, -0.15) is 0 Å². The molecule has 1 aliphatic heterocycles. The van der Waals surface area contributed by atoms with Crippen molar-refractivity contribution in [1.29, 1.82) is 0 Å². The van der Waals surface area contributed by atoms with Crippen molar-refractivity contribution >= 4 is 0 Å². The van der Waals surface area contributed by atoms with Crippen molar-refractivity contribution in [3.63, 3.8) is 0 Å². The predicted molar refractivity (Wildman–Crippen MR) is 157 cm³/mol. The Morgan fingerprint density at radius 1 is 1.16 bits per heavy atom. The van der Waals surface area contributed by atoms with E-state index in [0.717, 1.165) is 37.3 Å². The third-order valence-corrected chi connectivity index (χ3v) is 11.2. The normalized spacial score (nSPS) is 38.5. The topological polar surface area (TPSA) is 15.3 Å². The number of hydrogen-bond acceptors (Lipinski definition) is 2. The van der Waals surface area contributed by atoms with Gasteiger partial charge in [-0.1, -0.05) is 92.2 Å². The molecule has 2 nitrogen and oxygen atoms in total. The third-order valence-electron chi connectivity index (χ3n) is 11.2. The fraction of sp³-hybridized carbons (Fsp3) is 0.657. The molecule has 1 N–H and O–H groups in total. The zero-order valence-corrected chi connectivity index (χ0v) is 23.7. The van der Waals surface area contributed by atoms with Crippen LogP contribution in [0.1, 0.15) is 78.6 Å². The number of hydrogen-bond donors (Lipinski definition) is 1. The monoisotopic (exact) mass is 498 g/mol. The lowest BCUT2D eigenvalue weighted by molar-refractivity contribution is -0.190. The summed E-state index contributed by atoms with van der Waals surface area (Å²) in [4.78, 5) is 2.90. The molecule has 0 aromatic heterocycles. The number of likely N-dealkylation sites (tertiary alicyclic amines) is 1. The molecule has 7 aliphatic rings. The van der Waals surface area contributed by atoms with E-state index in [9.17, 15) is 0 Å². The summed E-state index contributed by atoms with van der Waals surface area (Å²) in [6.45, 7) is 15.3. The lowest BCUT2D eigenvalue weighted by Crippen LogP contribution is -2.77. The van der Waals surface area contributed by atoms with Crippen LogP contribution >= 0.6 is 0 Å². The van der Waals surface area contributed by atoms with Crippen LogP contribution in [-0.2, 0) is 0 Å². The third kappa shape index (κ3) is 4.51. The molecular formula is C35H50N2. The quantitative estimate of drug-likeness (QED) is 0.218. The van der Waals surface area contributed by atoms with E-state index in [1.165, 1.54) is 74.8 Å². The first kappa shape index (κ1) is 25.6. The minimum Gasteiger partial charge on any atom is -0.310 e. The standard InChI is InChI=1S/C35H50N2/c1-5-26(3)32(22-28-11-7-6-8-12-28)36-20-10-9-17-34-18-19-35(30-16-13-25(2)21-31(30)34)24-37(23-29-14-15-29)33(35)27(34)4/h7,11-13,16,18-19,21,27,29-33,36H,3,5-6,8-10,14-15,17,20,22-24H2,1-2,4H3. The molecule has 37 heavy (non-hydrogen) atoms. The Morgan fingerprint density at radius 3 is 2.78 bits per heavy atom. The van der Waals surface area contributed by atoms with Gasteiger partial charge in [0.05, 0.1) is 0 Å². The van der Waals surface area contributed by atoms with E-state index in [0.29, 0.717) is 28.7 Å². The highest BCUT2D eigenvalue weighted by Gasteiger charge is 2.69. The van der Waals surface area contributed by atoms with Crippen LogP contribution in [0, 0.1) is 34.5 Å². The average Bonchev–Trinajstić information content (AvgIpc) is 3.72. The van der Waals surface area contributed by atoms with Crippen molar-refractivity contribution < 1.29 is 0 Å². The summed E-state index contributed by atoms with van der Waals surface area (Å²) in [5, 5.41) is 3.91. The van der Waals surface area contributed by atoms with Gasteiger partial charge in [0.15, 0.2) is 0 Å². The van der Waals surface area contributed by atoms with Crippen LogP contribution < -0.4 is 5.32 Å². The second kappa shape index (κ2) is 10.2. The van der Waals surface area contributed by atoms with Crippen LogP contribution in [0.25, 0.3) is 0 Å². The van der Waals surface area contributed by atoms with Gasteiger partial charge in [-0.25, -0.2) is 0 Å². The Bertz CT molecular complexity index is 1040. The van der Waals surface area contributed by atoms with Crippen LogP contribution in [-0.4, -0.2) is 36.6 Å². The molecule has 3 fully saturated rings. The molecule has 2 bridgehead atoms. The molecule has 2 saturated carbocycles. The minimum absolute atomic E-state index is 0.315. The van der Waals surface area contributed by atoms with Crippen LogP contribution in [0.2, 0.25) is 0 Å². The molecule has 1 saturated heterocycles. The maximum atomic E-state index is 4.42. The fourth-order valence-electron chi connectivity index (χ4n) is 8.89. The van der Waals surface area contributed by atoms with Gasteiger partial charge in [-0.3, -0.25) is 4.90 Å². The number of nitrogens with zero attached hydrogens (tertiary/aromatic N) is 1. The Morgan fingerprint density at radius 2 is 2.03 bits per heavy atom. The van der Waals surface area contributed by atoms with Gasteiger partial charge >= 0.3 is 0 Å². The molecule has 7 rings (SSSR count). The number of rotatable bonds is 12. The highest BCUT2D eigenvalue weighted by atomic mass is 15.3. The van der Waals surface area contributed by atoms with Gasteiger partial charge in [0.1, 0.15) is 0 Å². The first-order valence-corrected chi connectivity index (χ1v) is 15.5. The zero-order chi connectivity index (χ0) is 25.6. The van der Waals surface area contributed by atoms with Gasteiger partial charge in [0.25, 0.3) is 0 Å². The molecule has 1 heterocycles. The molecule has 7 atom stereocenters. The second-order valence-corrected chi connectivity index (χ2v) is 13.4. The summed E-state index contributed by atoms with van der Waals surface area (Å²) in [7, 11) is 0. The highest BCUT2D eigenvalue weighted by molar-refractivity contribution is 5.41. The number of nitrogens with one attached hydrogen (secondary N) is 1. The van der Waals surface area contributed by atoms with Gasteiger partial charge in [-0.15, -0.1) is 0 Å².